The van der Waals surface area contributed by atoms with Gasteiger partial charge in [-0.25, -0.2) is 0 Å². The molecule has 1 heterocycles. The van der Waals surface area contributed by atoms with Crippen molar-refractivity contribution in [3.8, 4) is 5.75 Å². The van der Waals surface area contributed by atoms with Gasteiger partial charge in [-0.15, -0.1) is 11.8 Å². The van der Waals surface area contributed by atoms with E-state index in [1.54, 1.807) is 18.4 Å². The Morgan fingerprint density at radius 3 is 2.58 bits per heavy atom. The van der Waals surface area contributed by atoms with E-state index in [2.05, 4.69) is 10.6 Å². The number of carbonyl (C=O) groups is 2. The first kappa shape index (κ1) is 17.9. The van der Waals surface area contributed by atoms with Gasteiger partial charge in [0.05, 0.1) is 31.7 Å². The zero-order chi connectivity index (χ0) is 17.2. The van der Waals surface area contributed by atoms with E-state index >= 15 is 0 Å². The molecular formula is C17H20N2O4S. The molecule has 0 unspecified atom stereocenters. The summed E-state index contributed by atoms with van der Waals surface area (Å²) in [7, 11) is 0. The Bertz CT molecular complexity index is 641. The molecule has 7 heteroatoms. The average molecular weight is 348 g/mol. The van der Waals surface area contributed by atoms with Crippen LogP contribution in [0.2, 0.25) is 0 Å². The first-order valence-corrected chi connectivity index (χ1v) is 8.57. The van der Waals surface area contributed by atoms with Crippen LogP contribution in [0.25, 0.3) is 0 Å². The van der Waals surface area contributed by atoms with E-state index in [1.165, 1.54) is 11.8 Å². The molecule has 2 amide bonds. The number of furan rings is 1. The van der Waals surface area contributed by atoms with Gasteiger partial charge >= 0.3 is 0 Å². The minimum absolute atomic E-state index is 0.0522. The molecule has 0 saturated carbocycles. The van der Waals surface area contributed by atoms with Gasteiger partial charge in [0.2, 0.25) is 11.8 Å². The lowest BCUT2D eigenvalue weighted by molar-refractivity contribution is -0.124. The topological polar surface area (TPSA) is 80.6 Å². The van der Waals surface area contributed by atoms with Gasteiger partial charge in [-0.3, -0.25) is 9.59 Å². The van der Waals surface area contributed by atoms with E-state index in [-0.39, 0.29) is 24.1 Å². The van der Waals surface area contributed by atoms with Crippen LogP contribution in [0, 0.1) is 0 Å². The van der Waals surface area contributed by atoms with Crippen LogP contribution >= 0.6 is 11.8 Å². The molecule has 2 aromatic rings. The van der Waals surface area contributed by atoms with Crippen molar-refractivity contribution in [3.05, 3.63) is 48.4 Å². The molecule has 0 aliphatic rings. The summed E-state index contributed by atoms with van der Waals surface area (Å²) in [6.07, 6.45) is 1.54. The third-order valence-electron chi connectivity index (χ3n) is 2.99. The second kappa shape index (κ2) is 9.67. The Labute approximate surface area is 144 Å². The normalized spacial score (nSPS) is 10.2. The van der Waals surface area contributed by atoms with Crippen molar-refractivity contribution in [2.45, 2.75) is 18.4 Å². The molecule has 128 valence electrons. The second-order valence-corrected chi connectivity index (χ2v) is 5.87. The number of rotatable bonds is 9. The van der Waals surface area contributed by atoms with Crippen molar-refractivity contribution in [2.24, 2.45) is 0 Å². The molecule has 0 saturated heterocycles. The molecule has 24 heavy (non-hydrogen) atoms. The maximum Gasteiger partial charge on any atom is 0.239 e. The minimum atomic E-state index is -0.259. The Morgan fingerprint density at radius 2 is 1.92 bits per heavy atom. The molecular weight excluding hydrogens is 328 g/mol. The van der Waals surface area contributed by atoms with Crippen LogP contribution in [0.3, 0.4) is 0 Å². The van der Waals surface area contributed by atoms with Crippen LogP contribution < -0.4 is 15.4 Å². The fourth-order valence-electron chi connectivity index (χ4n) is 1.84. The summed E-state index contributed by atoms with van der Waals surface area (Å²) in [6.45, 7) is 2.81. The molecule has 6 nitrogen and oxygen atoms in total. The summed E-state index contributed by atoms with van der Waals surface area (Å²) in [4.78, 5) is 24.4. The van der Waals surface area contributed by atoms with Crippen molar-refractivity contribution < 1.29 is 18.7 Å². The summed E-state index contributed by atoms with van der Waals surface area (Å²) in [5.74, 6) is 1.27. The van der Waals surface area contributed by atoms with Gasteiger partial charge in [0.1, 0.15) is 11.5 Å². The highest BCUT2D eigenvalue weighted by molar-refractivity contribution is 8.00. The number of hydrogen-bond donors (Lipinski definition) is 2. The summed E-state index contributed by atoms with van der Waals surface area (Å²) in [6, 6.07) is 11.1. The Balaban J connectivity index is 1.63. The van der Waals surface area contributed by atoms with Gasteiger partial charge in [-0.2, -0.15) is 0 Å². The monoisotopic (exact) mass is 348 g/mol. The van der Waals surface area contributed by atoms with Gasteiger partial charge in [0.25, 0.3) is 0 Å². The predicted octanol–water partition coefficient (Wildman–Crippen LogP) is 2.20. The van der Waals surface area contributed by atoms with Crippen molar-refractivity contribution in [1.82, 2.24) is 10.6 Å². The van der Waals surface area contributed by atoms with Crippen LogP contribution in [-0.4, -0.2) is 30.7 Å². The Hall–Kier alpha value is -2.41. The first-order chi connectivity index (χ1) is 11.7. The maximum atomic E-state index is 11.8. The Kier molecular flexibility index (Phi) is 7.22. The van der Waals surface area contributed by atoms with E-state index in [0.29, 0.717) is 18.9 Å². The minimum Gasteiger partial charge on any atom is -0.494 e. The smallest absolute Gasteiger partial charge is 0.239 e. The second-order valence-electron chi connectivity index (χ2n) is 4.83. The third-order valence-corrected chi connectivity index (χ3v) is 4.00. The van der Waals surface area contributed by atoms with Crippen LogP contribution in [-0.2, 0) is 16.1 Å². The highest BCUT2D eigenvalue weighted by Gasteiger charge is 2.07. The van der Waals surface area contributed by atoms with Crippen LogP contribution in [0.5, 0.6) is 5.75 Å². The van der Waals surface area contributed by atoms with Gasteiger partial charge in [-0.05, 0) is 43.3 Å². The summed E-state index contributed by atoms with van der Waals surface area (Å²) < 4.78 is 10.5. The van der Waals surface area contributed by atoms with Crippen molar-refractivity contribution in [1.29, 1.82) is 0 Å². The van der Waals surface area contributed by atoms with Crippen molar-refractivity contribution >= 4 is 23.6 Å². The lowest BCUT2D eigenvalue weighted by Gasteiger charge is -2.07. The fraction of sp³-hybridized carbons (Fsp3) is 0.294. The van der Waals surface area contributed by atoms with Crippen LogP contribution in [0.15, 0.2) is 52.0 Å². The molecule has 1 aromatic carbocycles. The molecule has 0 aliphatic heterocycles. The molecule has 0 fully saturated rings. The SMILES string of the molecule is CCOc1ccc(SCC(=O)NCC(=O)NCc2ccco2)cc1. The van der Waals surface area contributed by atoms with Gasteiger partial charge in [0.15, 0.2) is 0 Å². The van der Waals surface area contributed by atoms with Crippen molar-refractivity contribution in [2.75, 3.05) is 18.9 Å². The number of hydrogen-bond acceptors (Lipinski definition) is 5. The molecule has 0 atom stereocenters. The first-order valence-electron chi connectivity index (χ1n) is 7.59. The highest BCUT2D eigenvalue weighted by Crippen LogP contribution is 2.21. The molecule has 0 aliphatic carbocycles. The van der Waals surface area contributed by atoms with Crippen molar-refractivity contribution in [3.63, 3.8) is 0 Å². The van der Waals surface area contributed by atoms with Gasteiger partial charge in [0, 0.05) is 4.90 Å². The quantitative estimate of drug-likeness (QED) is 0.679. The molecule has 0 bridgehead atoms. The zero-order valence-electron chi connectivity index (χ0n) is 13.4. The molecule has 0 radical (unpaired) electrons. The molecule has 2 N–H and O–H groups in total. The van der Waals surface area contributed by atoms with Crippen LogP contribution in [0.1, 0.15) is 12.7 Å². The van der Waals surface area contributed by atoms with E-state index in [9.17, 15) is 9.59 Å². The van der Waals surface area contributed by atoms with E-state index < -0.39 is 0 Å². The number of carbonyl (C=O) groups excluding carboxylic acids is 2. The summed E-state index contributed by atoms with van der Waals surface area (Å²) >= 11 is 1.40. The third kappa shape index (κ3) is 6.37. The average Bonchev–Trinajstić information content (AvgIpc) is 3.11. The van der Waals surface area contributed by atoms with Gasteiger partial charge in [-0.1, -0.05) is 0 Å². The largest absolute Gasteiger partial charge is 0.494 e. The van der Waals surface area contributed by atoms with Gasteiger partial charge < -0.3 is 19.8 Å². The molecule has 0 spiro atoms. The number of amides is 2. The maximum absolute atomic E-state index is 11.8. The molecule has 1 aromatic heterocycles. The lowest BCUT2D eigenvalue weighted by Crippen LogP contribution is -2.37. The summed E-state index contributed by atoms with van der Waals surface area (Å²) in [5.41, 5.74) is 0. The Morgan fingerprint density at radius 1 is 1.12 bits per heavy atom. The van der Waals surface area contributed by atoms with Crippen LogP contribution in [0.4, 0.5) is 0 Å². The summed E-state index contributed by atoms with van der Waals surface area (Å²) in [5, 5.41) is 5.25. The van der Waals surface area contributed by atoms with E-state index in [1.807, 2.05) is 31.2 Å². The fourth-order valence-corrected chi connectivity index (χ4v) is 2.57. The standard InChI is InChI=1S/C17H20N2O4S/c1-2-22-13-5-7-15(8-6-13)24-12-17(21)19-11-16(20)18-10-14-4-3-9-23-14/h3-9H,2,10-12H2,1H3,(H,18,20)(H,19,21). The highest BCUT2D eigenvalue weighted by atomic mass is 32.2. The lowest BCUT2D eigenvalue weighted by atomic mass is 10.3. The van der Waals surface area contributed by atoms with E-state index in [4.69, 9.17) is 9.15 Å². The molecule has 2 rings (SSSR count). The number of ether oxygens (including phenoxy) is 1. The number of nitrogens with one attached hydrogen (secondary N) is 2. The number of thioether (sulfide) groups is 1. The zero-order valence-corrected chi connectivity index (χ0v) is 14.2. The number of benzene rings is 1. The van der Waals surface area contributed by atoms with E-state index in [0.717, 1.165) is 10.6 Å². The predicted molar refractivity (Wildman–Crippen MR) is 91.9 cm³/mol.